The molecule has 29 heavy (non-hydrogen) atoms. The van der Waals surface area contributed by atoms with Crippen LogP contribution in [0.2, 0.25) is 5.02 Å². The molecule has 152 valence electrons. The predicted octanol–water partition coefficient (Wildman–Crippen LogP) is 3.52. The third kappa shape index (κ3) is 5.00. The van der Waals surface area contributed by atoms with E-state index >= 15 is 0 Å². The lowest BCUT2D eigenvalue weighted by atomic mass is 10.1. The Morgan fingerprint density at radius 2 is 2.00 bits per heavy atom. The Balaban J connectivity index is 1.82. The number of halogens is 1. The number of nitrogens with one attached hydrogen (secondary N) is 2. The van der Waals surface area contributed by atoms with Gasteiger partial charge in [0.25, 0.3) is 11.6 Å². The Labute approximate surface area is 177 Å². The van der Waals surface area contributed by atoms with Crippen molar-refractivity contribution in [1.29, 1.82) is 0 Å². The van der Waals surface area contributed by atoms with Gasteiger partial charge in [-0.05, 0) is 42.9 Å². The summed E-state index contributed by atoms with van der Waals surface area (Å²) in [5.41, 5.74) is 2.05. The van der Waals surface area contributed by atoms with Crippen molar-refractivity contribution in [2.45, 2.75) is 6.92 Å². The fourth-order valence-corrected chi connectivity index (χ4v) is 3.34. The predicted molar refractivity (Wildman–Crippen MR) is 116 cm³/mol. The number of thiocarbonyl (C=S) groups is 1. The number of ether oxygens (including phenoxy) is 1. The molecule has 1 aliphatic heterocycles. The minimum Gasteiger partial charge on any atom is -0.378 e. The van der Waals surface area contributed by atoms with E-state index in [1.54, 1.807) is 24.3 Å². The quantitative estimate of drug-likeness (QED) is 0.431. The number of nitro groups is 1. The zero-order valence-electron chi connectivity index (χ0n) is 15.6. The number of morpholine rings is 1. The molecule has 0 aliphatic carbocycles. The van der Waals surface area contributed by atoms with E-state index in [0.717, 1.165) is 5.56 Å². The third-order valence-electron chi connectivity index (χ3n) is 4.53. The monoisotopic (exact) mass is 434 g/mol. The second-order valence-corrected chi connectivity index (χ2v) is 7.19. The van der Waals surface area contributed by atoms with E-state index in [2.05, 4.69) is 10.6 Å². The maximum atomic E-state index is 12.9. The summed E-state index contributed by atoms with van der Waals surface area (Å²) >= 11 is 11.3. The molecule has 0 atom stereocenters. The molecule has 0 unspecified atom stereocenters. The minimum absolute atomic E-state index is 0.0693. The molecule has 0 bridgehead atoms. The smallest absolute Gasteiger partial charge is 0.270 e. The SMILES string of the molecule is Cc1c(Cl)cccc1NC(=S)NC(=O)c1cc([N+](=O)[O-])ccc1N1CCOCC1. The van der Waals surface area contributed by atoms with Gasteiger partial charge in [-0.25, -0.2) is 0 Å². The second-order valence-electron chi connectivity index (χ2n) is 6.38. The van der Waals surface area contributed by atoms with E-state index in [1.807, 2.05) is 11.8 Å². The lowest BCUT2D eigenvalue weighted by Gasteiger charge is -2.30. The first-order valence-electron chi connectivity index (χ1n) is 8.85. The Kier molecular flexibility index (Phi) is 6.63. The van der Waals surface area contributed by atoms with Crippen LogP contribution >= 0.6 is 23.8 Å². The molecule has 1 heterocycles. The highest BCUT2D eigenvalue weighted by Crippen LogP contribution is 2.27. The van der Waals surface area contributed by atoms with Crippen molar-refractivity contribution in [2.75, 3.05) is 36.5 Å². The van der Waals surface area contributed by atoms with E-state index in [1.165, 1.54) is 12.1 Å². The molecule has 0 radical (unpaired) electrons. The van der Waals surface area contributed by atoms with Gasteiger partial charge in [0.1, 0.15) is 0 Å². The van der Waals surface area contributed by atoms with Crippen molar-refractivity contribution in [3.63, 3.8) is 0 Å². The number of non-ortho nitro benzene ring substituents is 1. The normalized spacial score (nSPS) is 13.7. The van der Waals surface area contributed by atoms with Crippen molar-refractivity contribution >= 4 is 51.9 Å². The van der Waals surface area contributed by atoms with Gasteiger partial charge in [-0.1, -0.05) is 17.7 Å². The number of hydrogen-bond donors (Lipinski definition) is 2. The van der Waals surface area contributed by atoms with E-state index < -0.39 is 10.8 Å². The van der Waals surface area contributed by atoms with Gasteiger partial charge in [0.2, 0.25) is 0 Å². The summed E-state index contributed by atoms with van der Waals surface area (Å²) in [4.78, 5) is 25.5. The maximum absolute atomic E-state index is 12.9. The molecule has 1 saturated heterocycles. The number of amides is 1. The largest absolute Gasteiger partial charge is 0.378 e. The van der Waals surface area contributed by atoms with Crippen LogP contribution in [0.25, 0.3) is 0 Å². The standard InChI is InChI=1S/C19H19ClN4O4S/c1-12-15(20)3-2-4-16(12)21-19(29)22-18(25)14-11-13(24(26)27)5-6-17(14)23-7-9-28-10-8-23/h2-6,11H,7-10H2,1H3,(H2,21,22,25,29). The number of anilines is 2. The van der Waals surface area contributed by atoms with Gasteiger partial charge >= 0.3 is 0 Å². The number of benzene rings is 2. The summed E-state index contributed by atoms with van der Waals surface area (Å²) in [7, 11) is 0. The molecule has 1 amide bonds. The van der Waals surface area contributed by atoms with Crippen LogP contribution in [0, 0.1) is 17.0 Å². The molecule has 3 rings (SSSR count). The molecular formula is C19H19ClN4O4S. The topological polar surface area (TPSA) is 96.7 Å². The fraction of sp³-hybridized carbons (Fsp3) is 0.263. The Morgan fingerprint density at radius 3 is 2.69 bits per heavy atom. The minimum atomic E-state index is -0.536. The zero-order chi connectivity index (χ0) is 21.0. The lowest BCUT2D eigenvalue weighted by Crippen LogP contribution is -2.39. The molecule has 8 nitrogen and oxygen atoms in total. The van der Waals surface area contributed by atoms with Crippen LogP contribution in [-0.4, -0.2) is 42.2 Å². The van der Waals surface area contributed by atoms with E-state index in [-0.39, 0.29) is 16.4 Å². The molecule has 0 saturated carbocycles. The summed E-state index contributed by atoms with van der Waals surface area (Å²) in [6, 6.07) is 9.52. The zero-order valence-corrected chi connectivity index (χ0v) is 17.2. The van der Waals surface area contributed by atoms with Crippen LogP contribution in [0.3, 0.4) is 0 Å². The highest BCUT2D eigenvalue weighted by molar-refractivity contribution is 7.80. The molecule has 1 aliphatic rings. The van der Waals surface area contributed by atoms with Crippen LogP contribution in [-0.2, 0) is 4.74 Å². The van der Waals surface area contributed by atoms with Crippen LogP contribution < -0.4 is 15.5 Å². The van der Waals surface area contributed by atoms with Crippen LogP contribution in [0.15, 0.2) is 36.4 Å². The Bertz CT molecular complexity index is 963. The second kappa shape index (κ2) is 9.17. The highest BCUT2D eigenvalue weighted by Gasteiger charge is 2.22. The summed E-state index contributed by atoms with van der Waals surface area (Å²) in [6.07, 6.45) is 0. The molecule has 0 aromatic heterocycles. The van der Waals surface area contributed by atoms with Crippen LogP contribution in [0.1, 0.15) is 15.9 Å². The van der Waals surface area contributed by atoms with Gasteiger partial charge in [0.05, 0.1) is 29.4 Å². The number of nitrogens with zero attached hydrogens (tertiary/aromatic N) is 2. The van der Waals surface area contributed by atoms with Gasteiger partial charge in [-0.2, -0.15) is 0 Å². The first-order chi connectivity index (χ1) is 13.9. The Hall–Kier alpha value is -2.75. The average Bonchev–Trinajstić information content (AvgIpc) is 2.71. The lowest BCUT2D eigenvalue weighted by molar-refractivity contribution is -0.384. The van der Waals surface area contributed by atoms with Crippen molar-refractivity contribution in [1.82, 2.24) is 5.32 Å². The molecule has 0 spiro atoms. The summed E-state index contributed by atoms with van der Waals surface area (Å²) in [5, 5.41) is 17.4. The number of rotatable bonds is 4. The molecule has 2 aromatic carbocycles. The van der Waals surface area contributed by atoms with E-state index in [0.29, 0.717) is 42.7 Å². The van der Waals surface area contributed by atoms with Gasteiger partial charge < -0.3 is 15.0 Å². The highest BCUT2D eigenvalue weighted by atomic mass is 35.5. The van der Waals surface area contributed by atoms with Crippen molar-refractivity contribution in [3.8, 4) is 0 Å². The van der Waals surface area contributed by atoms with E-state index in [9.17, 15) is 14.9 Å². The number of hydrogen-bond acceptors (Lipinski definition) is 6. The first kappa shape index (κ1) is 21.0. The van der Waals surface area contributed by atoms with Crippen LogP contribution in [0.4, 0.5) is 17.1 Å². The number of carbonyl (C=O) groups is 1. The summed E-state index contributed by atoms with van der Waals surface area (Å²) in [5.74, 6) is -0.535. The van der Waals surface area contributed by atoms with Gasteiger partial charge in [0.15, 0.2) is 5.11 Å². The van der Waals surface area contributed by atoms with Crippen molar-refractivity contribution < 1.29 is 14.5 Å². The fourth-order valence-electron chi connectivity index (χ4n) is 2.97. The summed E-state index contributed by atoms with van der Waals surface area (Å²) in [6.45, 7) is 4.04. The third-order valence-corrected chi connectivity index (χ3v) is 5.14. The van der Waals surface area contributed by atoms with Crippen molar-refractivity contribution in [2.24, 2.45) is 0 Å². The Morgan fingerprint density at radius 1 is 1.28 bits per heavy atom. The first-order valence-corrected chi connectivity index (χ1v) is 9.64. The van der Waals surface area contributed by atoms with Crippen LogP contribution in [0.5, 0.6) is 0 Å². The molecule has 1 fully saturated rings. The van der Waals surface area contributed by atoms with E-state index in [4.69, 9.17) is 28.6 Å². The van der Waals surface area contributed by atoms with Gasteiger partial charge in [0, 0.05) is 35.9 Å². The van der Waals surface area contributed by atoms with Crippen molar-refractivity contribution in [3.05, 3.63) is 62.7 Å². The number of carbonyl (C=O) groups excluding carboxylic acids is 1. The average molecular weight is 435 g/mol. The van der Waals surface area contributed by atoms with Gasteiger partial charge in [-0.15, -0.1) is 0 Å². The molecule has 2 aromatic rings. The molecule has 10 heteroatoms. The maximum Gasteiger partial charge on any atom is 0.270 e. The summed E-state index contributed by atoms with van der Waals surface area (Å²) < 4.78 is 5.34. The number of nitro benzene ring substituents is 1. The molecular weight excluding hydrogens is 416 g/mol. The molecule has 2 N–H and O–H groups in total. The van der Waals surface area contributed by atoms with Gasteiger partial charge in [-0.3, -0.25) is 20.2 Å².